The van der Waals surface area contributed by atoms with E-state index in [2.05, 4.69) is 25.2 Å². The van der Waals surface area contributed by atoms with E-state index in [-0.39, 0.29) is 0 Å². The van der Waals surface area contributed by atoms with Crippen molar-refractivity contribution in [2.45, 2.75) is 46.1 Å². The highest BCUT2D eigenvalue weighted by atomic mass is 16.3. The molecule has 17 heavy (non-hydrogen) atoms. The molecule has 3 rings (SSSR count). The van der Waals surface area contributed by atoms with Crippen LogP contribution < -0.4 is 5.32 Å². The molecule has 2 aliphatic rings. The molecular weight excluding hydrogens is 210 g/mol. The number of hydrogen-bond donors (Lipinski definition) is 1. The van der Waals surface area contributed by atoms with Crippen molar-refractivity contribution in [2.24, 2.45) is 17.8 Å². The normalized spacial score (nSPS) is 32.5. The molecule has 0 saturated heterocycles. The van der Waals surface area contributed by atoms with Crippen LogP contribution in [-0.2, 0) is 0 Å². The van der Waals surface area contributed by atoms with Crippen molar-refractivity contribution in [2.75, 3.05) is 6.54 Å². The second-order valence-electron chi connectivity index (χ2n) is 5.89. The van der Waals surface area contributed by atoms with Crippen LogP contribution in [0.4, 0.5) is 0 Å². The van der Waals surface area contributed by atoms with Crippen LogP contribution in [0.15, 0.2) is 10.5 Å². The fraction of sp³-hybridized carbons (Fsp3) is 0.733. The van der Waals surface area contributed by atoms with E-state index >= 15 is 0 Å². The van der Waals surface area contributed by atoms with Crippen LogP contribution in [0, 0.1) is 31.6 Å². The average molecular weight is 233 g/mol. The number of aryl methyl sites for hydroxylation is 2. The Kier molecular flexibility index (Phi) is 2.78. The van der Waals surface area contributed by atoms with Gasteiger partial charge in [0.05, 0.1) is 0 Å². The van der Waals surface area contributed by atoms with Crippen molar-refractivity contribution in [1.82, 2.24) is 5.32 Å². The number of hydrogen-bond acceptors (Lipinski definition) is 2. The standard InChI is InChI=1S/C15H23NO/c1-4-16-15(13-7-11-6-12(11)8-13)14-5-9(2)17-10(14)3/h5,11-13,15-16H,4,6-8H2,1-3H3. The lowest BCUT2D eigenvalue weighted by Gasteiger charge is -2.25. The first kappa shape index (κ1) is 11.3. The van der Waals surface area contributed by atoms with Crippen molar-refractivity contribution in [3.05, 3.63) is 23.2 Å². The summed E-state index contributed by atoms with van der Waals surface area (Å²) in [5.41, 5.74) is 1.40. The Hall–Kier alpha value is -0.760. The van der Waals surface area contributed by atoms with E-state index in [0.717, 1.165) is 35.8 Å². The maximum atomic E-state index is 5.70. The minimum Gasteiger partial charge on any atom is -0.466 e. The van der Waals surface area contributed by atoms with Gasteiger partial charge in [-0.2, -0.15) is 0 Å². The molecule has 0 bridgehead atoms. The number of fused-ring (bicyclic) bond motifs is 1. The van der Waals surface area contributed by atoms with E-state index in [1.165, 1.54) is 24.8 Å². The third-order valence-electron chi connectivity index (χ3n) is 4.59. The van der Waals surface area contributed by atoms with Gasteiger partial charge in [-0.3, -0.25) is 0 Å². The quantitative estimate of drug-likeness (QED) is 0.859. The van der Waals surface area contributed by atoms with Gasteiger partial charge < -0.3 is 9.73 Å². The summed E-state index contributed by atoms with van der Waals surface area (Å²) in [4.78, 5) is 0. The monoisotopic (exact) mass is 233 g/mol. The molecule has 0 radical (unpaired) electrons. The Bertz CT molecular complexity index is 399. The van der Waals surface area contributed by atoms with E-state index in [0.29, 0.717) is 6.04 Å². The SMILES string of the molecule is CCNC(c1cc(C)oc1C)C1CC2CC2C1. The lowest BCUT2D eigenvalue weighted by molar-refractivity contribution is 0.342. The highest BCUT2D eigenvalue weighted by Crippen LogP contribution is 2.57. The van der Waals surface area contributed by atoms with Gasteiger partial charge in [0.25, 0.3) is 0 Å². The summed E-state index contributed by atoms with van der Waals surface area (Å²) in [5.74, 6) is 5.08. The Labute approximate surface area is 104 Å². The highest BCUT2D eigenvalue weighted by molar-refractivity contribution is 5.25. The van der Waals surface area contributed by atoms with Crippen molar-refractivity contribution in [3.8, 4) is 0 Å². The van der Waals surface area contributed by atoms with Crippen molar-refractivity contribution in [1.29, 1.82) is 0 Å². The molecule has 0 aromatic carbocycles. The predicted molar refractivity (Wildman–Crippen MR) is 68.9 cm³/mol. The summed E-state index contributed by atoms with van der Waals surface area (Å²) in [5, 5.41) is 3.68. The van der Waals surface area contributed by atoms with Crippen LogP contribution >= 0.6 is 0 Å². The van der Waals surface area contributed by atoms with Gasteiger partial charge in [0.2, 0.25) is 0 Å². The van der Waals surface area contributed by atoms with Gasteiger partial charge in [0.1, 0.15) is 11.5 Å². The summed E-state index contributed by atoms with van der Waals surface area (Å²) in [6, 6.07) is 2.75. The molecule has 2 aliphatic carbocycles. The summed E-state index contributed by atoms with van der Waals surface area (Å²) in [7, 11) is 0. The van der Waals surface area contributed by atoms with Gasteiger partial charge in [0, 0.05) is 11.6 Å². The Balaban J connectivity index is 1.81. The first-order chi connectivity index (χ1) is 8.19. The van der Waals surface area contributed by atoms with Crippen LogP contribution in [0.25, 0.3) is 0 Å². The molecular formula is C15H23NO. The fourth-order valence-electron chi connectivity index (χ4n) is 3.74. The van der Waals surface area contributed by atoms with Crippen LogP contribution in [-0.4, -0.2) is 6.54 Å². The number of furan rings is 1. The van der Waals surface area contributed by atoms with E-state index in [4.69, 9.17) is 4.42 Å². The van der Waals surface area contributed by atoms with Crippen molar-refractivity contribution < 1.29 is 4.42 Å². The van der Waals surface area contributed by atoms with Crippen molar-refractivity contribution in [3.63, 3.8) is 0 Å². The van der Waals surface area contributed by atoms with E-state index < -0.39 is 0 Å². The zero-order chi connectivity index (χ0) is 12.0. The molecule has 1 heterocycles. The first-order valence-corrected chi connectivity index (χ1v) is 6.99. The van der Waals surface area contributed by atoms with E-state index in [1.807, 2.05) is 6.92 Å². The largest absolute Gasteiger partial charge is 0.466 e. The van der Waals surface area contributed by atoms with Gasteiger partial charge in [-0.25, -0.2) is 0 Å². The molecule has 1 N–H and O–H groups in total. The minimum atomic E-state index is 0.519. The highest BCUT2D eigenvalue weighted by Gasteiger charge is 2.48. The van der Waals surface area contributed by atoms with Crippen molar-refractivity contribution >= 4 is 0 Å². The Morgan fingerprint density at radius 2 is 2.00 bits per heavy atom. The number of rotatable bonds is 4. The molecule has 1 aromatic heterocycles. The molecule has 2 nitrogen and oxygen atoms in total. The molecule has 94 valence electrons. The van der Waals surface area contributed by atoms with Gasteiger partial charge in [-0.1, -0.05) is 6.92 Å². The topological polar surface area (TPSA) is 25.2 Å². The lowest BCUT2D eigenvalue weighted by Crippen LogP contribution is -2.27. The molecule has 0 spiro atoms. The minimum absolute atomic E-state index is 0.519. The molecule has 2 fully saturated rings. The maximum Gasteiger partial charge on any atom is 0.105 e. The zero-order valence-electron chi connectivity index (χ0n) is 11.1. The van der Waals surface area contributed by atoms with E-state index in [9.17, 15) is 0 Å². The average Bonchev–Trinajstić information content (AvgIpc) is 2.75. The summed E-state index contributed by atoms with van der Waals surface area (Å²) in [6.07, 6.45) is 4.34. The van der Waals surface area contributed by atoms with E-state index in [1.54, 1.807) is 0 Å². The molecule has 3 atom stereocenters. The first-order valence-electron chi connectivity index (χ1n) is 6.99. The van der Waals surface area contributed by atoms with Gasteiger partial charge >= 0.3 is 0 Å². The predicted octanol–water partition coefficient (Wildman–Crippen LogP) is 3.59. The second-order valence-corrected chi connectivity index (χ2v) is 5.89. The molecule has 0 aliphatic heterocycles. The summed E-state index contributed by atoms with van der Waals surface area (Å²) >= 11 is 0. The van der Waals surface area contributed by atoms with Crippen LogP contribution in [0.3, 0.4) is 0 Å². The summed E-state index contributed by atoms with van der Waals surface area (Å²) in [6.45, 7) is 7.39. The third-order valence-corrected chi connectivity index (χ3v) is 4.59. The second kappa shape index (κ2) is 4.16. The number of nitrogens with one attached hydrogen (secondary N) is 1. The Morgan fingerprint density at radius 1 is 1.29 bits per heavy atom. The van der Waals surface area contributed by atoms with Crippen LogP contribution in [0.5, 0.6) is 0 Å². The molecule has 1 aromatic rings. The van der Waals surface area contributed by atoms with Crippen LogP contribution in [0.2, 0.25) is 0 Å². The van der Waals surface area contributed by atoms with Gasteiger partial charge in [0.15, 0.2) is 0 Å². The van der Waals surface area contributed by atoms with Crippen LogP contribution in [0.1, 0.15) is 49.3 Å². The third kappa shape index (κ3) is 2.03. The lowest BCUT2D eigenvalue weighted by atomic mass is 9.89. The zero-order valence-corrected chi connectivity index (χ0v) is 11.1. The molecule has 2 heteroatoms. The van der Waals surface area contributed by atoms with Gasteiger partial charge in [-0.05, 0) is 63.5 Å². The fourth-order valence-corrected chi connectivity index (χ4v) is 3.74. The van der Waals surface area contributed by atoms with Gasteiger partial charge in [-0.15, -0.1) is 0 Å². The summed E-state index contributed by atoms with van der Waals surface area (Å²) < 4.78 is 5.70. The molecule has 3 unspecified atom stereocenters. The maximum absolute atomic E-state index is 5.70. The Morgan fingerprint density at radius 3 is 2.53 bits per heavy atom. The smallest absolute Gasteiger partial charge is 0.105 e. The molecule has 2 saturated carbocycles. The molecule has 0 amide bonds.